The molecule has 1 aliphatic rings. The lowest BCUT2D eigenvalue weighted by Crippen LogP contribution is -2.03. The Morgan fingerprint density at radius 3 is 2.32 bits per heavy atom. The quantitative estimate of drug-likeness (QED) is 0.318. The highest BCUT2D eigenvalue weighted by Crippen LogP contribution is 2.26. The molecule has 0 bridgehead atoms. The average Bonchev–Trinajstić information content (AvgIpc) is 2.87. The number of hydrogen-bond donors (Lipinski definition) is 0. The molecule has 0 fully saturated rings. The number of allylic oxidation sites excluding steroid dienone is 12. The highest BCUT2D eigenvalue weighted by Gasteiger charge is 2.13. The Hall–Kier alpha value is -2.60. The Kier molecular flexibility index (Phi) is 8.75. The van der Waals surface area contributed by atoms with Gasteiger partial charge in [-0.15, -0.1) is 0 Å². The van der Waals surface area contributed by atoms with Gasteiger partial charge in [-0.05, 0) is 49.8 Å². The number of benzene rings is 1. The van der Waals surface area contributed by atoms with Crippen LogP contribution in [-0.4, -0.2) is 0 Å². The van der Waals surface area contributed by atoms with Crippen molar-refractivity contribution in [3.63, 3.8) is 0 Å². The molecule has 0 spiro atoms. The third-order valence-electron chi connectivity index (χ3n) is 4.80. The van der Waals surface area contributed by atoms with Crippen molar-refractivity contribution < 1.29 is 0 Å². The fourth-order valence-corrected chi connectivity index (χ4v) is 3.01. The third kappa shape index (κ3) is 7.56. The van der Waals surface area contributed by atoms with Crippen LogP contribution < -0.4 is 0 Å². The van der Waals surface area contributed by atoms with Crippen LogP contribution in [0.15, 0.2) is 96.2 Å². The van der Waals surface area contributed by atoms with Crippen molar-refractivity contribution in [2.45, 2.75) is 47.0 Å². The molecule has 1 atom stereocenters. The molecule has 0 saturated heterocycles. The summed E-state index contributed by atoms with van der Waals surface area (Å²) in [4.78, 5) is 0. The number of hydrogen-bond acceptors (Lipinski definition) is 0. The van der Waals surface area contributed by atoms with E-state index in [4.69, 9.17) is 0 Å². The third-order valence-corrected chi connectivity index (χ3v) is 4.80. The normalized spacial score (nSPS) is 20.4. The van der Waals surface area contributed by atoms with Crippen LogP contribution >= 0.6 is 0 Å². The van der Waals surface area contributed by atoms with Crippen molar-refractivity contribution in [1.82, 2.24) is 0 Å². The van der Waals surface area contributed by atoms with Gasteiger partial charge in [-0.2, -0.15) is 0 Å². The minimum atomic E-state index is -0.0430. The highest BCUT2D eigenvalue weighted by atomic mass is 14.2. The van der Waals surface area contributed by atoms with Gasteiger partial charge in [0.15, 0.2) is 0 Å². The van der Waals surface area contributed by atoms with E-state index in [-0.39, 0.29) is 5.41 Å². The minimum Gasteiger partial charge on any atom is -0.0885 e. The Bertz CT molecular complexity index is 819. The average molecular weight is 371 g/mol. The maximum atomic E-state index is 2.30. The van der Waals surface area contributed by atoms with Crippen LogP contribution in [0.2, 0.25) is 0 Å². The van der Waals surface area contributed by atoms with Crippen molar-refractivity contribution in [3.8, 4) is 0 Å². The molecule has 0 heterocycles. The lowest BCUT2D eigenvalue weighted by Gasteiger charge is -2.15. The van der Waals surface area contributed by atoms with Crippen LogP contribution in [0.1, 0.15) is 58.1 Å². The van der Waals surface area contributed by atoms with E-state index < -0.39 is 0 Å². The zero-order chi connectivity index (χ0) is 20.2. The summed E-state index contributed by atoms with van der Waals surface area (Å²) < 4.78 is 0. The first-order chi connectivity index (χ1) is 13.5. The van der Waals surface area contributed by atoms with E-state index in [1.807, 2.05) is 0 Å². The fourth-order valence-electron chi connectivity index (χ4n) is 3.01. The van der Waals surface area contributed by atoms with Gasteiger partial charge in [0.1, 0.15) is 0 Å². The first-order valence-electron chi connectivity index (χ1n) is 10.4. The predicted octanol–water partition coefficient (Wildman–Crippen LogP) is 8.48. The Balaban J connectivity index is 2.04. The summed E-state index contributed by atoms with van der Waals surface area (Å²) in [5.74, 6) is 0. The summed E-state index contributed by atoms with van der Waals surface area (Å²) in [6, 6.07) is 8.75. The van der Waals surface area contributed by atoms with Crippen molar-refractivity contribution in [1.29, 1.82) is 0 Å². The first-order valence-corrected chi connectivity index (χ1v) is 10.4. The SMILES string of the molecule is CC/C=C\CC(/C=C/c1ccc(/C=C/C2(C)C=CC=C(C)C=C2)cc1)=C\CC. The Labute approximate surface area is 172 Å². The molecule has 1 aromatic carbocycles. The van der Waals surface area contributed by atoms with Crippen LogP contribution in [0.4, 0.5) is 0 Å². The summed E-state index contributed by atoms with van der Waals surface area (Å²) in [6.07, 6.45) is 29.9. The molecule has 1 aromatic rings. The first kappa shape index (κ1) is 21.7. The van der Waals surface area contributed by atoms with Crippen molar-refractivity contribution >= 4 is 12.2 Å². The molecule has 1 aliphatic carbocycles. The Morgan fingerprint density at radius 1 is 0.929 bits per heavy atom. The lowest BCUT2D eigenvalue weighted by molar-refractivity contribution is 0.721. The molecule has 2 rings (SSSR count). The molecule has 0 saturated carbocycles. The summed E-state index contributed by atoms with van der Waals surface area (Å²) in [7, 11) is 0. The summed E-state index contributed by atoms with van der Waals surface area (Å²) in [6.45, 7) is 8.72. The van der Waals surface area contributed by atoms with Gasteiger partial charge in [0, 0.05) is 5.41 Å². The van der Waals surface area contributed by atoms with Gasteiger partial charge in [0.25, 0.3) is 0 Å². The van der Waals surface area contributed by atoms with E-state index in [2.05, 4.69) is 125 Å². The van der Waals surface area contributed by atoms with E-state index in [0.717, 1.165) is 19.3 Å². The molecule has 0 radical (unpaired) electrons. The molecule has 0 heteroatoms. The van der Waals surface area contributed by atoms with Crippen LogP contribution in [0, 0.1) is 5.41 Å². The second-order valence-corrected chi connectivity index (χ2v) is 7.57. The van der Waals surface area contributed by atoms with Crippen LogP contribution in [-0.2, 0) is 0 Å². The van der Waals surface area contributed by atoms with E-state index in [9.17, 15) is 0 Å². The summed E-state index contributed by atoms with van der Waals surface area (Å²) >= 11 is 0. The highest BCUT2D eigenvalue weighted by molar-refractivity contribution is 5.58. The molecule has 0 amide bonds. The van der Waals surface area contributed by atoms with Gasteiger partial charge in [-0.3, -0.25) is 0 Å². The van der Waals surface area contributed by atoms with Gasteiger partial charge in [-0.1, -0.05) is 117 Å². The predicted molar refractivity (Wildman–Crippen MR) is 127 cm³/mol. The molecule has 0 N–H and O–H groups in total. The van der Waals surface area contributed by atoms with Crippen molar-refractivity contribution in [3.05, 3.63) is 107 Å². The second kappa shape index (κ2) is 11.3. The van der Waals surface area contributed by atoms with Gasteiger partial charge in [0.05, 0.1) is 0 Å². The van der Waals surface area contributed by atoms with Crippen LogP contribution in [0.3, 0.4) is 0 Å². The molecule has 146 valence electrons. The monoisotopic (exact) mass is 370 g/mol. The lowest BCUT2D eigenvalue weighted by atomic mass is 9.89. The van der Waals surface area contributed by atoms with E-state index >= 15 is 0 Å². The van der Waals surface area contributed by atoms with Gasteiger partial charge < -0.3 is 0 Å². The second-order valence-electron chi connectivity index (χ2n) is 7.57. The van der Waals surface area contributed by atoms with E-state index in [1.54, 1.807) is 0 Å². The minimum absolute atomic E-state index is 0.0430. The summed E-state index contributed by atoms with van der Waals surface area (Å²) in [5.41, 5.74) is 5.08. The van der Waals surface area contributed by atoms with Crippen LogP contribution in [0.25, 0.3) is 12.2 Å². The molecular formula is C28H34. The van der Waals surface area contributed by atoms with Gasteiger partial charge in [-0.25, -0.2) is 0 Å². The molecular weight excluding hydrogens is 336 g/mol. The summed E-state index contributed by atoms with van der Waals surface area (Å²) in [5, 5.41) is 0. The fraction of sp³-hybridized carbons (Fsp3) is 0.286. The van der Waals surface area contributed by atoms with E-state index in [1.165, 1.54) is 22.3 Å². The van der Waals surface area contributed by atoms with Crippen molar-refractivity contribution in [2.24, 2.45) is 5.41 Å². The number of rotatable bonds is 8. The molecule has 1 unspecified atom stereocenters. The maximum Gasteiger partial charge on any atom is 0.0222 e. The standard InChI is InChI=1S/C28H34/c1-5-7-8-12-25(10-6-2)13-14-26-15-17-27(18-16-26)20-23-28(4)21-9-11-24(3)19-22-28/h7-11,13-23H,5-6,12H2,1-4H3/b8-7-,14-13+,23-20+,25-10+. The van der Waals surface area contributed by atoms with Gasteiger partial charge >= 0.3 is 0 Å². The van der Waals surface area contributed by atoms with E-state index in [0.29, 0.717) is 0 Å². The Morgan fingerprint density at radius 2 is 1.64 bits per heavy atom. The molecule has 0 nitrogen and oxygen atoms in total. The zero-order valence-electron chi connectivity index (χ0n) is 17.9. The van der Waals surface area contributed by atoms with Crippen LogP contribution in [0.5, 0.6) is 0 Å². The largest absolute Gasteiger partial charge is 0.0885 e. The zero-order valence-corrected chi connectivity index (χ0v) is 17.9. The topological polar surface area (TPSA) is 0 Å². The molecule has 28 heavy (non-hydrogen) atoms. The van der Waals surface area contributed by atoms with Gasteiger partial charge in [0.2, 0.25) is 0 Å². The molecule has 0 aromatic heterocycles. The van der Waals surface area contributed by atoms with Crippen molar-refractivity contribution in [2.75, 3.05) is 0 Å². The smallest absolute Gasteiger partial charge is 0.0222 e. The maximum absolute atomic E-state index is 2.30. The molecule has 0 aliphatic heterocycles.